The van der Waals surface area contributed by atoms with Crippen LogP contribution in [0.3, 0.4) is 0 Å². The molecule has 0 bridgehead atoms. The Morgan fingerprint density at radius 3 is 2.70 bits per heavy atom. The van der Waals surface area contributed by atoms with E-state index in [1.54, 1.807) is 0 Å². The van der Waals surface area contributed by atoms with Crippen molar-refractivity contribution in [2.75, 3.05) is 13.1 Å². The van der Waals surface area contributed by atoms with Gasteiger partial charge in [0.1, 0.15) is 10.7 Å². The first-order chi connectivity index (χ1) is 9.00. The predicted octanol–water partition coefficient (Wildman–Crippen LogP) is 1.91. The molecule has 0 radical (unpaired) electrons. The van der Waals surface area contributed by atoms with Crippen LogP contribution >= 0.6 is 12.4 Å². The first-order valence-corrected chi connectivity index (χ1v) is 7.96. The van der Waals surface area contributed by atoms with E-state index in [2.05, 4.69) is 10.0 Å². The number of hydrogen-bond acceptors (Lipinski definition) is 3. The van der Waals surface area contributed by atoms with Gasteiger partial charge in [-0.25, -0.2) is 17.5 Å². The first kappa shape index (κ1) is 17.4. The molecule has 1 aliphatic rings. The molecule has 2 rings (SSSR count). The first-order valence-electron chi connectivity index (χ1n) is 6.48. The molecule has 0 aliphatic carbocycles. The van der Waals surface area contributed by atoms with E-state index in [0.717, 1.165) is 32.0 Å². The van der Waals surface area contributed by atoms with Crippen LogP contribution in [0, 0.1) is 11.7 Å². The van der Waals surface area contributed by atoms with Crippen LogP contribution in [0.2, 0.25) is 0 Å². The normalized spacial score (nSPS) is 21.0. The average Bonchev–Trinajstić information content (AvgIpc) is 2.39. The Labute approximate surface area is 125 Å². The van der Waals surface area contributed by atoms with Crippen LogP contribution in [0.15, 0.2) is 29.2 Å². The zero-order chi connectivity index (χ0) is 13.9. The lowest BCUT2D eigenvalue weighted by molar-refractivity contribution is 0.320. The Hall–Kier alpha value is -0.690. The van der Waals surface area contributed by atoms with Crippen LogP contribution in [-0.4, -0.2) is 27.5 Å². The highest BCUT2D eigenvalue weighted by molar-refractivity contribution is 7.89. The van der Waals surface area contributed by atoms with Gasteiger partial charge in [0.15, 0.2) is 0 Å². The zero-order valence-electron chi connectivity index (χ0n) is 11.3. The third-order valence-corrected chi connectivity index (χ3v) is 5.10. The topological polar surface area (TPSA) is 58.2 Å². The highest BCUT2D eigenvalue weighted by Gasteiger charge is 2.26. The van der Waals surface area contributed by atoms with E-state index in [0.29, 0.717) is 0 Å². The molecule has 114 valence electrons. The van der Waals surface area contributed by atoms with Gasteiger partial charge in [-0.2, -0.15) is 0 Å². The maximum Gasteiger partial charge on any atom is 0.243 e. The lowest BCUT2D eigenvalue weighted by atomic mass is 9.94. The molecular formula is C13H20ClFN2O2S. The van der Waals surface area contributed by atoms with E-state index >= 15 is 0 Å². The maximum atomic E-state index is 13.5. The quantitative estimate of drug-likeness (QED) is 0.890. The Kier molecular flexibility index (Phi) is 6.39. The van der Waals surface area contributed by atoms with Gasteiger partial charge < -0.3 is 5.32 Å². The summed E-state index contributed by atoms with van der Waals surface area (Å²) in [6.07, 6.45) is 2.02. The zero-order valence-corrected chi connectivity index (χ0v) is 12.9. The number of hydrogen-bond donors (Lipinski definition) is 2. The van der Waals surface area contributed by atoms with Crippen molar-refractivity contribution in [3.63, 3.8) is 0 Å². The number of nitrogens with one attached hydrogen (secondary N) is 2. The van der Waals surface area contributed by atoms with E-state index in [-0.39, 0.29) is 29.3 Å². The fourth-order valence-electron chi connectivity index (χ4n) is 2.37. The van der Waals surface area contributed by atoms with E-state index in [9.17, 15) is 12.8 Å². The summed E-state index contributed by atoms with van der Waals surface area (Å²) in [4.78, 5) is -0.286. The maximum absolute atomic E-state index is 13.5. The molecule has 0 amide bonds. The molecule has 2 N–H and O–H groups in total. The molecule has 4 nitrogen and oxygen atoms in total. The molecule has 1 aromatic rings. The molecule has 2 unspecified atom stereocenters. The minimum Gasteiger partial charge on any atom is -0.316 e. The Morgan fingerprint density at radius 1 is 1.40 bits per heavy atom. The van der Waals surface area contributed by atoms with E-state index < -0.39 is 15.8 Å². The minimum atomic E-state index is -3.79. The average molecular weight is 323 g/mol. The van der Waals surface area contributed by atoms with Crippen LogP contribution in [0.5, 0.6) is 0 Å². The molecule has 1 heterocycles. The van der Waals surface area contributed by atoms with Gasteiger partial charge in [-0.3, -0.25) is 0 Å². The van der Waals surface area contributed by atoms with Crippen molar-refractivity contribution in [1.82, 2.24) is 10.0 Å². The van der Waals surface area contributed by atoms with Crippen molar-refractivity contribution < 1.29 is 12.8 Å². The molecule has 1 saturated heterocycles. The van der Waals surface area contributed by atoms with Crippen molar-refractivity contribution in [3.05, 3.63) is 30.1 Å². The summed E-state index contributed by atoms with van der Waals surface area (Å²) in [7, 11) is -3.79. The molecule has 1 fully saturated rings. The molecule has 0 spiro atoms. The summed E-state index contributed by atoms with van der Waals surface area (Å²) in [5, 5.41) is 3.24. The van der Waals surface area contributed by atoms with Gasteiger partial charge in [0.05, 0.1) is 0 Å². The Morgan fingerprint density at radius 2 is 2.10 bits per heavy atom. The third kappa shape index (κ3) is 4.15. The van der Waals surface area contributed by atoms with Crippen LogP contribution in [-0.2, 0) is 10.0 Å². The summed E-state index contributed by atoms with van der Waals surface area (Å²) in [5.41, 5.74) is 0. The fourth-order valence-corrected chi connectivity index (χ4v) is 3.76. The van der Waals surface area contributed by atoms with Crippen molar-refractivity contribution in [3.8, 4) is 0 Å². The highest BCUT2D eigenvalue weighted by Crippen LogP contribution is 2.18. The lowest BCUT2D eigenvalue weighted by Crippen LogP contribution is -2.44. The summed E-state index contributed by atoms with van der Waals surface area (Å²) < 4.78 is 40.4. The standard InChI is InChI=1S/C13H19FN2O2S.ClH/c1-10(11-5-4-8-15-9-11)16-19(17,18)13-7-3-2-6-12(13)14;/h2-3,6-7,10-11,15-16H,4-5,8-9H2,1H3;1H. The van der Waals surface area contributed by atoms with Gasteiger partial charge >= 0.3 is 0 Å². The number of benzene rings is 1. The van der Waals surface area contributed by atoms with Crippen molar-refractivity contribution in [2.24, 2.45) is 5.92 Å². The van der Waals surface area contributed by atoms with Crippen LogP contribution < -0.4 is 10.0 Å². The Balaban J connectivity index is 0.00000200. The number of piperidine rings is 1. The molecule has 1 aromatic carbocycles. The number of rotatable bonds is 4. The second-order valence-electron chi connectivity index (χ2n) is 4.95. The fraction of sp³-hybridized carbons (Fsp3) is 0.538. The molecule has 1 aliphatic heterocycles. The van der Waals surface area contributed by atoms with Crippen molar-refractivity contribution >= 4 is 22.4 Å². The molecule has 7 heteroatoms. The van der Waals surface area contributed by atoms with Gasteiger partial charge in [0.2, 0.25) is 10.0 Å². The molecule has 0 saturated carbocycles. The largest absolute Gasteiger partial charge is 0.316 e. The molecule has 20 heavy (non-hydrogen) atoms. The summed E-state index contributed by atoms with van der Waals surface area (Å²) in [6.45, 7) is 3.60. The van der Waals surface area contributed by atoms with Crippen LogP contribution in [0.25, 0.3) is 0 Å². The van der Waals surface area contributed by atoms with Crippen LogP contribution in [0.1, 0.15) is 19.8 Å². The van der Waals surface area contributed by atoms with E-state index in [1.807, 2.05) is 6.92 Å². The monoisotopic (exact) mass is 322 g/mol. The lowest BCUT2D eigenvalue weighted by Gasteiger charge is -2.28. The predicted molar refractivity (Wildman–Crippen MR) is 79.0 cm³/mol. The molecule has 0 aromatic heterocycles. The number of sulfonamides is 1. The van der Waals surface area contributed by atoms with Crippen molar-refractivity contribution in [2.45, 2.75) is 30.7 Å². The second kappa shape index (κ2) is 7.36. The highest BCUT2D eigenvalue weighted by atomic mass is 35.5. The number of halogens is 2. The summed E-state index contributed by atoms with van der Waals surface area (Å²) >= 11 is 0. The molecular weight excluding hydrogens is 303 g/mol. The van der Waals surface area contributed by atoms with Gasteiger partial charge in [0, 0.05) is 6.04 Å². The van der Waals surface area contributed by atoms with E-state index in [1.165, 1.54) is 18.2 Å². The van der Waals surface area contributed by atoms with Crippen molar-refractivity contribution in [1.29, 1.82) is 0 Å². The third-order valence-electron chi connectivity index (χ3n) is 3.51. The van der Waals surface area contributed by atoms with E-state index in [4.69, 9.17) is 0 Å². The second-order valence-corrected chi connectivity index (χ2v) is 6.63. The molecule has 2 atom stereocenters. The Bertz CT molecular complexity index is 533. The SMILES string of the molecule is CC(NS(=O)(=O)c1ccccc1F)C1CCCNC1.Cl. The summed E-state index contributed by atoms with van der Waals surface area (Å²) in [6, 6.07) is 5.22. The summed E-state index contributed by atoms with van der Waals surface area (Å²) in [5.74, 6) is -0.473. The van der Waals surface area contributed by atoms with Gasteiger partial charge in [0.25, 0.3) is 0 Å². The van der Waals surface area contributed by atoms with Crippen LogP contribution in [0.4, 0.5) is 4.39 Å². The van der Waals surface area contributed by atoms with Gasteiger partial charge in [-0.05, 0) is 50.9 Å². The van der Waals surface area contributed by atoms with Gasteiger partial charge in [-0.15, -0.1) is 12.4 Å². The minimum absolute atomic E-state index is 0. The van der Waals surface area contributed by atoms with Gasteiger partial charge in [-0.1, -0.05) is 12.1 Å². The smallest absolute Gasteiger partial charge is 0.243 e.